The summed E-state index contributed by atoms with van der Waals surface area (Å²) in [6.07, 6.45) is 3.57. The lowest BCUT2D eigenvalue weighted by Gasteiger charge is -2.20. The van der Waals surface area contributed by atoms with E-state index in [0.717, 1.165) is 25.7 Å². The Morgan fingerprint density at radius 1 is 1.05 bits per heavy atom. The molecule has 116 valence electrons. The third kappa shape index (κ3) is 3.71. The average molecular weight is 338 g/mol. The van der Waals surface area contributed by atoms with Crippen molar-refractivity contribution in [2.75, 3.05) is 13.1 Å². The summed E-state index contributed by atoms with van der Waals surface area (Å²) < 4.78 is 49.8. The van der Waals surface area contributed by atoms with E-state index in [9.17, 15) is 22.0 Å². The van der Waals surface area contributed by atoms with Crippen LogP contribution >= 0.6 is 10.7 Å². The smallest absolute Gasteiger partial charge is 0.264 e. The van der Waals surface area contributed by atoms with Crippen LogP contribution < -0.4 is 0 Å². The number of halogens is 3. The Morgan fingerprint density at radius 3 is 2.14 bits per heavy atom. The molecular weight excluding hydrogens is 324 g/mol. The Labute approximate surface area is 126 Å². The zero-order valence-corrected chi connectivity index (χ0v) is 12.7. The van der Waals surface area contributed by atoms with Gasteiger partial charge < -0.3 is 4.90 Å². The fourth-order valence-electron chi connectivity index (χ4n) is 2.32. The Morgan fingerprint density at radius 2 is 1.62 bits per heavy atom. The highest BCUT2D eigenvalue weighted by Gasteiger charge is 2.25. The molecule has 1 aliphatic rings. The Balaban J connectivity index is 2.40. The minimum absolute atomic E-state index is 0.375. The first kappa shape index (κ1) is 16.2. The van der Waals surface area contributed by atoms with Crippen molar-refractivity contribution in [3.05, 3.63) is 29.3 Å². The largest absolute Gasteiger partial charge is 0.339 e. The van der Waals surface area contributed by atoms with Crippen molar-refractivity contribution in [1.29, 1.82) is 0 Å². The average Bonchev–Trinajstić information content (AvgIpc) is 2.65. The van der Waals surface area contributed by atoms with Crippen LogP contribution in [0.4, 0.5) is 8.78 Å². The van der Waals surface area contributed by atoms with E-state index in [1.807, 2.05) is 0 Å². The molecule has 1 aromatic rings. The van der Waals surface area contributed by atoms with Gasteiger partial charge in [-0.05, 0) is 18.9 Å². The minimum Gasteiger partial charge on any atom is -0.339 e. The van der Waals surface area contributed by atoms with Gasteiger partial charge in [-0.2, -0.15) is 0 Å². The zero-order chi connectivity index (χ0) is 15.6. The van der Waals surface area contributed by atoms with Crippen LogP contribution in [0, 0.1) is 11.6 Å². The number of amides is 1. The molecule has 21 heavy (non-hydrogen) atoms. The van der Waals surface area contributed by atoms with Crippen molar-refractivity contribution in [2.45, 2.75) is 30.6 Å². The molecule has 1 aliphatic heterocycles. The SMILES string of the molecule is O=C(c1cc(S(=O)(=O)Cl)c(F)cc1F)N1CCCCCC1. The van der Waals surface area contributed by atoms with E-state index in [1.165, 1.54) is 4.90 Å². The van der Waals surface area contributed by atoms with Crippen LogP contribution in [0.2, 0.25) is 0 Å². The van der Waals surface area contributed by atoms with Crippen molar-refractivity contribution in [3.63, 3.8) is 0 Å². The van der Waals surface area contributed by atoms with E-state index < -0.39 is 37.1 Å². The Hall–Kier alpha value is -1.21. The van der Waals surface area contributed by atoms with E-state index in [1.54, 1.807) is 0 Å². The quantitative estimate of drug-likeness (QED) is 0.780. The van der Waals surface area contributed by atoms with E-state index in [4.69, 9.17) is 10.7 Å². The summed E-state index contributed by atoms with van der Waals surface area (Å²) in [4.78, 5) is 12.9. The predicted octanol–water partition coefficient (Wildman–Crippen LogP) is 2.91. The summed E-state index contributed by atoms with van der Waals surface area (Å²) in [7, 11) is 0.705. The normalized spacial score (nSPS) is 16.6. The van der Waals surface area contributed by atoms with Gasteiger partial charge >= 0.3 is 0 Å². The lowest BCUT2D eigenvalue weighted by atomic mass is 10.1. The van der Waals surface area contributed by atoms with Gasteiger partial charge in [0, 0.05) is 29.8 Å². The number of carbonyl (C=O) groups excluding carboxylic acids is 1. The molecular formula is C13H14ClF2NO3S. The lowest BCUT2D eigenvalue weighted by molar-refractivity contribution is 0.0756. The number of likely N-dealkylation sites (tertiary alicyclic amines) is 1. The van der Waals surface area contributed by atoms with Crippen molar-refractivity contribution in [1.82, 2.24) is 4.90 Å². The third-order valence-corrected chi connectivity index (χ3v) is 4.74. The van der Waals surface area contributed by atoms with Gasteiger partial charge in [0.05, 0.1) is 5.56 Å². The van der Waals surface area contributed by atoms with Gasteiger partial charge in [-0.1, -0.05) is 12.8 Å². The van der Waals surface area contributed by atoms with Gasteiger partial charge in [-0.25, -0.2) is 17.2 Å². The summed E-state index contributed by atoms with van der Waals surface area (Å²) in [5, 5.41) is 0. The highest BCUT2D eigenvalue weighted by molar-refractivity contribution is 8.13. The minimum atomic E-state index is -4.38. The first-order chi connectivity index (χ1) is 9.80. The van der Waals surface area contributed by atoms with Gasteiger partial charge in [0.15, 0.2) is 0 Å². The fourth-order valence-corrected chi connectivity index (χ4v) is 3.23. The van der Waals surface area contributed by atoms with Crippen LogP contribution in [-0.4, -0.2) is 32.3 Å². The van der Waals surface area contributed by atoms with Crippen molar-refractivity contribution in [2.24, 2.45) is 0 Å². The summed E-state index contributed by atoms with van der Waals surface area (Å²) in [6, 6.07) is 1.04. The molecule has 8 heteroatoms. The maximum absolute atomic E-state index is 13.8. The van der Waals surface area contributed by atoms with E-state index in [2.05, 4.69) is 0 Å². The number of rotatable bonds is 2. The molecule has 0 aromatic heterocycles. The molecule has 1 fully saturated rings. The van der Waals surface area contributed by atoms with Gasteiger partial charge in [-0.3, -0.25) is 4.79 Å². The molecule has 0 bridgehead atoms. The van der Waals surface area contributed by atoms with Crippen LogP contribution in [0.5, 0.6) is 0 Å². The zero-order valence-electron chi connectivity index (χ0n) is 11.1. The summed E-state index contributed by atoms with van der Waals surface area (Å²) in [5.74, 6) is -3.04. The fraction of sp³-hybridized carbons (Fsp3) is 0.462. The molecule has 0 radical (unpaired) electrons. The number of hydrogen-bond donors (Lipinski definition) is 0. The molecule has 1 amide bonds. The molecule has 1 heterocycles. The molecule has 1 saturated heterocycles. The molecule has 0 saturated carbocycles. The molecule has 0 atom stereocenters. The summed E-state index contributed by atoms with van der Waals surface area (Å²) >= 11 is 0. The Kier molecular flexibility index (Phi) is 4.83. The first-order valence-electron chi connectivity index (χ1n) is 6.53. The van der Waals surface area contributed by atoms with Crippen LogP contribution in [-0.2, 0) is 9.05 Å². The highest BCUT2D eigenvalue weighted by atomic mass is 35.7. The molecule has 0 spiro atoms. The second kappa shape index (κ2) is 6.27. The molecule has 0 aliphatic carbocycles. The van der Waals surface area contributed by atoms with Crippen LogP contribution in [0.1, 0.15) is 36.0 Å². The van der Waals surface area contributed by atoms with Crippen molar-refractivity contribution in [3.8, 4) is 0 Å². The summed E-state index contributed by atoms with van der Waals surface area (Å²) in [5.41, 5.74) is -0.475. The highest BCUT2D eigenvalue weighted by Crippen LogP contribution is 2.24. The van der Waals surface area contributed by atoms with Crippen LogP contribution in [0.15, 0.2) is 17.0 Å². The van der Waals surface area contributed by atoms with Gasteiger partial charge in [0.2, 0.25) is 0 Å². The van der Waals surface area contributed by atoms with Gasteiger partial charge in [0.25, 0.3) is 15.0 Å². The Bertz CT molecular complexity index is 656. The molecule has 4 nitrogen and oxygen atoms in total. The number of carbonyl (C=O) groups is 1. The van der Waals surface area contributed by atoms with E-state index in [-0.39, 0.29) is 0 Å². The topological polar surface area (TPSA) is 54.5 Å². The maximum atomic E-state index is 13.8. The van der Waals surface area contributed by atoms with Crippen LogP contribution in [0.25, 0.3) is 0 Å². The summed E-state index contributed by atoms with van der Waals surface area (Å²) in [6.45, 7) is 0.942. The van der Waals surface area contributed by atoms with E-state index >= 15 is 0 Å². The van der Waals surface area contributed by atoms with Crippen LogP contribution in [0.3, 0.4) is 0 Å². The van der Waals surface area contributed by atoms with Crippen molar-refractivity contribution < 1.29 is 22.0 Å². The molecule has 1 aromatic carbocycles. The van der Waals surface area contributed by atoms with Crippen molar-refractivity contribution >= 4 is 25.6 Å². The van der Waals surface area contributed by atoms with Gasteiger partial charge in [-0.15, -0.1) is 0 Å². The second-order valence-electron chi connectivity index (χ2n) is 4.91. The molecule has 0 N–H and O–H groups in total. The van der Waals surface area contributed by atoms with Gasteiger partial charge in [0.1, 0.15) is 16.5 Å². The lowest BCUT2D eigenvalue weighted by Crippen LogP contribution is -2.32. The molecule has 0 unspecified atom stereocenters. The van der Waals surface area contributed by atoms with E-state index in [0.29, 0.717) is 25.2 Å². The first-order valence-corrected chi connectivity index (χ1v) is 8.84. The maximum Gasteiger partial charge on any atom is 0.264 e. The number of benzene rings is 1. The molecule has 2 rings (SSSR count). The predicted molar refractivity (Wildman–Crippen MR) is 73.8 cm³/mol. The second-order valence-corrected chi connectivity index (χ2v) is 7.44. The standard InChI is InChI=1S/C13H14ClF2NO3S/c14-21(19,20)12-7-9(10(15)8-11(12)16)13(18)17-5-3-1-2-4-6-17/h7-8H,1-6H2. The third-order valence-electron chi connectivity index (χ3n) is 3.41. The number of hydrogen-bond acceptors (Lipinski definition) is 3. The monoisotopic (exact) mass is 337 g/mol. The number of nitrogens with zero attached hydrogens (tertiary/aromatic N) is 1.